The summed E-state index contributed by atoms with van der Waals surface area (Å²) < 4.78 is 0. The third-order valence-electron chi connectivity index (χ3n) is 1.38. The van der Waals surface area contributed by atoms with Crippen LogP contribution in [0.4, 0.5) is 0 Å². The fraction of sp³-hybridized carbons (Fsp3) is 0.429. The van der Waals surface area contributed by atoms with Gasteiger partial charge in [0.2, 0.25) is 0 Å². The first kappa shape index (κ1) is 9.29. The second-order valence-corrected chi connectivity index (χ2v) is 5.20. The van der Waals surface area contributed by atoms with Crippen molar-refractivity contribution in [3.05, 3.63) is 23.8 Å². The van der Waals surface area contributed by atoms with Crippen LogP contribution in [0.25, 0.3) is 0 Å². The Hall–Kier alpha value is 0.294. The average Bonchev–Trinajstić information content (AvgIpc) is 1.82. The molecule has 0 spiro atoms. The predicted molar refractivity (Wildman–Crippen MR) is 47.0 cm³/mol. The van der Waals surface area contributed by atoms with Gasteiger partial charge in [-0.25, -0.2) is 0 Å². The number of hydrogen-bond donors (Lipinski definition) is 0. The van der Waals surface area contributed by atoms with Crippen LogP contribution in [-0.4, -0.2) is 29.1 Å². The molecule has 45 valence electrons. The predicted octanol–water partition coefficient (Wildman–Crippen LogP) is 0.666. The van der Waals surface area contributed by atoms with E-state index in [1.54, 1.807) is 0 Å². The summed E-state index contributed by atoms with van der Waals surface area (Å²) >= 11 is 0. The first-order valence-electron chi connectivity index (χ1n) is 2.99. The van der Waals surface area contributed by atoms with Gasteiger partial charge in [0.1, 0.15) is 0 Å². The van der Waals surface area contributed by atoms with E-state index in [0.717, 1.165) is 0 Å². The Balaban J connectivity index is 0.000000640. The molecule has 0 bridgehead atoms. The van der Waals surface area contributed by atoms with Crippen LogP contribution in [0.1, 0.15) is 13.8 Å². The van der Waals surface area contributed by atoms with E-state index in [9.17, 15) is 0 Å². The molecule has 0 aromatic carbocycles. The Morgan fingerprint density at radius 1 is 1.56 bits per heavy atom. The Kier molecular flexibility index (Phi) is 3.02. The van der Waals surface area contributed by atoms with Gasteiger partial charge in [0.15, 0.2) is 0 Å². The van der Waals surface area contributed by atoms with Crippen molar-refractivity contribution in [2.24, 2.45) is 0 Å². The quantitative estimate of drug-likeness (QED) is 0.424. The summed E-state index contributed by atoms with van der Waals surface area (Å²) in [5, 5.41) is 0.462. The smallest absolute Gasteiger partial charge is 0.0199 e. The Labute approximate surface area is 72.0 Å². The van der Waals surface area contributed by atoms with E-state index in [1.165, 1.54) is 15.8 Å². The summed E-state index contributed by atoms with van der Waals surface area (Å²) in [6.07, 6.45) is 6.82. The van der Waals surface area contributed by atoms with E-state index < -0.39 is 0 Å². The van der Waals surface area contributed by atoms with Gasteiger partial charge < -0.3 is 0 Å². The van der Waals surface area contributed by atoms with Crippen molar-refractivity contribution < 1.29 is 0 Å². The Morgan fingerprint density at radius 3 is 2.22 bits per heavy atom. The molecule has 2 heteroatoms. The summed E-state index contributed by atoms with van der Waals surface area (Å²) in [6.45, 7) is 4.42. The van der Waals surface area contributed by atoms with Gasteiger partial charge >= 0.3 is 0 Å². The van der Waals surface area contributed by atoms with Gasteiger partial charge in [-0.15, -0.1) is 0 Å². The van der Waals surface area contributed by atoms with Gasteiger partial charge in [0.05, 0.1) is 0 Å². The first-order valence-corrected chi connectivity index (χ1v) is 3.99. The van der Waals surface area contributed by atoms with Crippen LogP contribution in [0, 0.1) is 0 Å². The van der Waals surface area contributed by atoms with Gasteiger partial charge in [-0.05, 0) is 12.0 Å². The van der Waals surface area contributed by atoms with Crippen molar-refractivity contribution in [1.29, 1.82) is 0 Å². The number of rotatable bonds is 0. The van der Waals surface area contributed by atoms with Crippen LogP contribution in [0.2, 0.25) is 5.04 Å². The minimum atomic E-state index is 0. The van der Waals surface area contributed by atoms with Crippen molar-refractivity contribution in [2.45, 2.75) is 18.9 Å². The molecule has 1 atom stereocenters. The first-order chi connectivity index (χ1) is 3.60. The van der Waals surface area contributed by atoms with Crippen LogP contribution in [-0.2, 0) is 0 Å². The second kappa shape index (κ2) is 2.92. The summed E-state index contributed by atoms with van der Waals surface area (Å²) in [4.78, 5) is 0. The van der Waals surface area contributed by atoms with E-state index in [-0.39, 0.29) is 18.9 Å². The van der Waals surface area contributed by atoms with Crippen molar-refractivity contribution in [1.82, 2.24) is 0 Å². The van der Waals surface area contributed by atoms with E-state index in [4.69, 9.17) is 0 Å². The maximum atomic E-state index is 2.33. The van der Waals surface area contributed by atoms with Gasteiger partial charge in [-0.3, -0.25) is 0 Å². The zero-order chi connectivity index (χ0) is 6.20. The van der Waals surface area contributed by atoms with Crippen molar-refractivity contribution in [3.63, 3.8) is 0 Å². The molecule has 0 aromatic rings. The normalized spacial score (nSPS) is 32.0. The van der Waals surface area contributed by atoms with Gasteiger partial charge in [-0.2, -0.15) is 0 Å². The molecule has 0 amide bonds. The SMILES string of the molecule is CC1=CC(C)([SiH3])C=C1.[Li]. The fourth-order valence-electron chi connectivity index (χ4n) is 1.03. The van der Waals surface area contributed by atoms with Crippen LogP contribution in [0.5, 0.6) is 0 Å². The molecule has 1 aliphatic carbocycles. The second-order valence-electron chi connectivity index (χ2n) is 3.04. The summed E-state index contributed by atoms with van der Waals surface area (Å²) in [7, 11) is 1.24. The summed E-state index contributed by atoms with van der Waals surface area (Å²) in [5.74, 6) is 0. The average molecular weight is 131 g/mol. The molecule has 9 heavy (non-hydrogen) atoms. The minimum Gasteiger partial charge on any atom is -0.0783 e. The van der Waals surface area contributed by atoms with Crippen molar-refractivity contribution in [3.8, 4) is 0 Å². The standard InChI is InChI=1S/C7H12Si.Li/c1-6-3-4-7(2,8)5-6;/h3-5H,1-2,8H3;. The fourth-order valence-corrected chi connectivity index (χ4v) is 1.65. The zero-order valence-electron chi connectivity index (χ0n) is 6.73. The molecule has 1 unspecified atom stereocenters. The number of allylic oxidation sites excluding steroid dienone is 4. The third-order valence-corrected chi connectivity index (χ3v) is 2.00. The van der Waals surface area contributed by atoms with Crippen LogP contribution in [0.3, 0.4) is 0 Å². The minimum absolute atomic E-state index is 0. The Bertz CT molecular complexity index is 156. The summed E-state index contributed by atoms with van der Waals surface area (Å²) in [5.41, 5.74) is 1.42. The van der Waals surface area contributed by atoms with Crippen LogP contribution < -0.4 is 0 Å². The molecule has 0 aromatic heterocycles. The largest absolute Gasteiger partial charge is 0.0783 e. The topological polar surface area (TPSA) is 0 Å². The molecule has 0 heterocycles. The number of hydrogen-bond acceptors (Lipinski definition) is 0. The molecule has 0 saturated carbocycles. The van der Waals surface area contributed by atoms with E-state index in [2.05, 4.69) is 32.1 Å². The molecule has 1 aliphatic rings. The summed E-state index contributed by atoms with van der Waals surface area (Å²) in [6, 6.07) is 0. The molecule has 0 aliphatic heterocycles. The van der Waals surface area contributed by atoms with Gasteiger partial charge in [0, 0.05) is 29.1 Å². The molecular weight excluding hydrogens is 119 g/mol. The molecule has 1 radical (unpaired) electrons. The van der Waals surface area contributed by atoms with Crippen molar-refractivity contribution in [2.75, 3.05) is 0 Å². The van der Waals surface area contributed by atoms with Crippen LogP contribution >= 0.6 is 0 Å². The van der Waals surface area contributed by atoms with E-state index in [1.807, 2.05) is 0 Å². The zero-order valence-corrected chi connectivity index (χ0v) is 8.73. The van der Waals surface area contributed by atoms with E-state index >= 15 is 0 Å². The third kappa shape index (κ3) is 2.58. The van der Waals surface area contributed by atoms with E-state index in [0.29, 0.717) is 5.04 Å². The maximum absolute atomic E-state index is 2.33. The van der Waals surface area contributed by atoms with Gasteiger partial charge in [-0.1, -0.05) is 30.7 Å². The maximum Gasteiger partial charge on any atom is 0.0199 e. The monoisotopic (exact) mass is 131 g/mol. The molecule has 0 nitrogen and oxygen atoms in total. The molecular formula is C7H12LiSi. The Morgan fingerprint density at radius 2 is 2.11 bits per heavy atom. The molecule has 0 fully saturated rings. The van der Waals surface area contributed by atoms with Crippen molar-refractivity contribution >= 4 is 29.1 Å². The van der Waals surface area contributed by atoms with Gasteiger partial charge in [0.25, 0.3) is 0 Å². The van der Waals surface area contributed by atoms with Crippen LogP contribution in [0.15, 0.2) is 23.8 Å². The molecule has 0 N–H and O–H groups in total. The molecule has 0 saturated heterocycles. The molecule has 1 rings (SSSR count).